The molecule has 1 aliphatic rings. The molecular formula is C21H37NO6S. The summed E-state index contributed by atoms with van der Waals surface area (Å²) >= 11 is 0. The SMILES string of the molecule is CCCCCCOC(=O)C(=C1C=C(N(CCO)CCO)CC(C)(C)C1)S(C)(=O)=O. The minimum absolute atomic E-state index is 0.0877. The number of unbranched alkanes of at least 4 members (excludes halogenated alkanes) is 3. The summed E-state index contributed by atoms with van der Waals surface area (Å²) in [6.07, 6.45) is 7.57. The Labute approximate surface area is 175 Å². The second kappa shape index (κ2) is 11.7. The number of nitrogens with zero attached hydrogens (tertiary/aromatic N) is 1. The van der Waals surface area contributed by atoms with Gasteiger partial charge in [-0.05, 0) is 36.3 Å². The van der Waals surface area contributed by atoms with Gasteiger partial charge in [-0.15, -0.1) is 0 Å². The van der Waals surface area contributed by atoms with Crippen LogP contribution in [0.25, 0.3) is 0 Å². The molecule has 0 aromatic rings. The van der Waals surface area contributed by atoms with Crippen molar-refractivity contribution >= 4 is 15.8 Å². The quantitative estimate of drug-likeness (QED) is 0.278. The predicted octanol–water partition coefficient (Wildman–Crippen LogP) is 2.40. The van der Waals surface area contributed by atoms with E-state index in [9.17, 15) is 23.4 Å². The van der Waals surface area contributed by atoms with Crippen molar-refractivity contribution < 1.29 is 28.2 Å². The molecule has 0 bridgehead atoms. The summed E-state index contributed by atoms with van der Waals surface area (Å²) in [6, 6.07) is 0. The molecule has 0 unspecified atom stereocenters. The molecule has 8 heteroatoms. The molecule has 29 heavy (non-hydrogen) atoms. The lowest BCUT2D eigenvalue weighted by molar-refractivity contribution is -0.138. The summed E-state index contributed by atoms with van der Waals surface area (Å²) in [5.41, 5.74) is 0.953. The molecule has 0 spiro atoms. The van der Waals surface area contributed by atoms with Gasteiger partial charge in [0.15, 0.2) is 14.7 Å². The first-order valence-electron chi connectivity index (χ1n) is 10.3. The van der Waals surface area contributed by atoms with Crippen LogP contribution in [0.2, 0.25) is 0 Å². The predicted molar refractivity (Wildman–Crippen MR) is 114 cm³/mol. The number of aliphatic hydroxyl groups excluding tert-OH is 2. The zero-order valence-corrected chi connectivity index (χ0v) is 19.1. The normalized spacial score (nSPS) is 18.2. The van der Waals surface area contributed by atoms with Gasteiger partial charge in [0.1, 0.15) is 0 Å². The van der Waals surface area contributed by atoms with Gasteiger partial charge < -0.3 is 19.8 Å². The van der Waals surface area contributed by atoms with Crippen LogP contribution in [0.5, 0.6) is 0 Å². The number of sulfone groups is 1. The van der Waals surface area contributed by atoms with Crippen molar-refractivity contribution in [2.45, 2.75) is 59.3 Å². The van der Waals surface area contributed by atoms with E-state index in [0.29, 0.717) is 37.9 Å². The van der Waals surface area contributed by atoms with Gasteiger partial charge in [-0.2, -0.15) is 0 Å². The average molecular weight is 432 g/mol. The maximum absolute atomic E-state index is 12.7. The molecule has 168 valence electrons. The maximum Gasteiger partial charge on any atom is 0.350 e. The van der Waals surface area contributed by atoms with Crippen molar-refractivity contribution in [2.24, 2.45) is 5.41 Å². The van der Waals surface area contributed by atoms with Gasteiger partial charge in [0.25, 0.3) is 0 Å². The van der Waals surface area contributed by atoms with Gasteiger partial charge in [-0.1, -0.05) is 40.0 Å². The Bertz CT molecular complexity index is 703. The second-order valence-corrected chi connectivity index (χ2v) is 10.4. The molecule has 0 aliphatic heterocycles. The highest BCUT2D eigenvalue weighted by Gasteiger charge is 2.34. The largest absolute Gasteiger partial charge is 0.462 e. The van der Waals surface area contributed by atoms with E-state index in [1.807, 2.05) is 18.7 Å². The number of rotatable bonds is 12. The van der Waals surface area contributed by atoms with Crippen LogP contribution in [0.15, 0.2) is 22.3 Å². The smallest absolute Gasteiger partial charge is 0.350 e. The lowest BCUT2D eigenvalue weighted by Crippen LogP contribution is -2.34. The van der Waals surface area contributed by atoms with E-state index in [4.69, 9.17) is 4.74 Å². The third kappa shape index (κ3) is 8.48. The van der Waals surface area contributed by atoms with Gasteiger partial charge in [-0.25, -0.2) is 13.2 Å². The average Bonchev–Trinajstić information content (AvgIpc) is 2.59. The Hall–Kier alpha value is -1.38. The summed E-state index contributed by atoms with van der Waals surface area (Å²) in [7, 11) is -3.79. The number of ether oxygens (including phenoxy) is 1. The van der Waals surface area contributed by atoms with Crippen molar-refractivity contribution in [1.82, 2.24) is 4.90 Å². The molecule has 0 fully saturated rings. The highest BCUT2D eigenvalue weighted by Crippen LogP contribution is 2.41. The summed E-state index contributed by atoms with van der Waals surface area (Å²) in [6.45, 7) is 6.77. The summed E-state index contributed by atoms with van der Waals surface area (Å²) in [5, 5.41) is 18.7. The molecule has 0 saturated heterocycles. The van der Waals surface area contributed by atoms with Gasteiger partial charge in [-0.3, -0.25) is 0 Å². The number of allylic oxidation sites excluding steroid dienone is 3. The van der Waals surface area contributed by atoms with Crippen molar-refractivity contribution in [3.8, 4) is 0 Å². The molecule has 0 heterocycles. The van der Waals surface area contributed by atoms with Gasteiger partial charge >= 0.3 is 5.97 Å². The van der Waals surface area contributed by atoms with Crippen LogP contribution in [0.3, 0.4) is 0 Å². The molecule has 0 saturated carbocycles. The van der Waals surface area contributed by atoms with Gasteiger partial charge in [0.2, 0.25) is 0 Å². The monoisotopic (exact) mass is 431 g/mol. The van der Waals surface area contributed by atoms with Crippen LogP contribution < -0.4 is 0 Å². The second-order valence-electron chi connectivity index (χ2n) is 8.41. The van der Waals surface area contributed by atoms with Crippen LogP contribution >= 0.6 is 0 Å². The highest BCUT2D eigenvalue weighted by atomic mass is 32.2. The van der Waals surface area contributed by atoms with E-state index in [-0.39, 0.29) is 30.1 Å². The molecule has 0 aromatic heterocycles. The van der Waals surface area contributed by atoms with Crippen molar-refractivity contribution in [2.75, 3.05) is 39.2 Å². The van der Waals surface area contributed by atoms with Crippen molar-refractivity contribution in [1.29, 1.82) is 0 Å². The minimum atomic E-state index is -3.79. The number of carbonyl (C=O) groups is 1. The molecular weight excluding hydrogens is 394 g/mol. The first-order chi connectivity index (χ1) is 13.6. The molecule has 1 rings (SSSR count). The first kappa shape index (κ1) is 25.7. The van der Waals surface area contributed by atoms with E-state index >= 15 is 0 Å². The summed E-state index contributed by atoms with van der Waals surface area (Å²) < 4.78 is 30.2. The van der Waals surface area contributed by atoms with E-state index in [1.165, 1.54) is 0 Å². The Balaban J connectivity index is 3.27. The van der Waals surface area contributed by atoms with E-state index in [1.54, 1.807) is 6.08 Å². The number of carbonyl (C=O) groups excluding carboxylic acids is 1. The van der Waals surface area contributed by atoms with Crippen molar-refractivity contribution in [3.63, 3.8) is 0 Å². The van der Waals surface area contributed by atoms with Gasteiger partial charge in [0.05, 0.1) is 19.8 Å². The fourth-order valence-electron chi connectivity index (χ4n) is 3.64. The zero-order valence-electron chi connectivity index (χ0n) is 18.2. The Morgan fingerprint density at radius 3 is 2.28 bits per heavy atom. The van der Waals surface area contributed by atoms with E-state index in [0.717, 1.165) is 31.2 Å². The number of aliphatic hydroxyl groups is 2. The highest BCUT2D eigenvalue weighted by molar-refractivity contribution is 7.95. The van der Waals surface area contributed by atoms with Crippen LogP contribution in [0.4, 0.5) is 0 Å². The fourth-order valence-corrected chi connectivity index (χ4v) is 4.61. The molecule has 7 nitrogen and oxygen atoms in total. The number of hydrogen-bond acceptors (Lipinski definition) is 7. The number of esters is 1. The van der Waals surface area contributed by atoms with E-state index < -0.39 is 15.8 Å². The maximum atomic E-state index is 12.7. The van der Waals surface area contributed by atoms with Crippen LogP contribution in [-0.4, -0.2) is 68.7 Å². The molecule has 2 N–H and O–H groups in total. The third-order valence-corrected chi connectivity index (χ3v) is 6.06. The molecule has 0 radical (unpaired) electrons. The number of hydrogen-bond donors (Lipinski definition) is 2. The summed E-state index contributed by atoms with van der Waals surface area (Å²) in [4.78, 5) is 14.2. The Kier molecular flexibility index (Phi) is 10.4. The molecule has 0 amide bonds. The molecule has 0 aromatic carbocycles. The fraction of sp³-hybridized carbons (Fsp3) is 0.762. The van der Waals surface area contributed by atoms with Crippen molar-refractivity contribution in [3.05, 3.63) is 22.3 Å². The standard InChI is InChI=1S/C21H37NO6S/c1-5-6-7-8-13-28-20(25)19(29(4,26)27)17-14-18(16-21(2,3)15-17)22(9-11-23)10-12-24/h14,23-24H,5-13,15-16H2,1-4H3. The van der Waals surface area contributed by atoms with Gasteiger partial charge in [0, 0.05) is 25.0 Å². The minimum Gasteiger partial charge on any atom is -0.462 e. The lowest BCUT2D eigenvalue weighted by atomic mass is 9.76. The van der Waals surface area contributed by atoms with Crippen LogP contribution in [0.1, 0.15) is 59.3 Å². The Morgan fingerprint density at radius 2 is 1.76 bits per heavy atom. The lowest BCUT2D eigenvalue weighted by Gasteiger charge is -2.37. The zero-order chi connectivity index (χ0) is 22.1. The Morgan fingerprint density at radius 1 is 1.14 bits per heavy atom. The molecule has 1 aliphatic carbocycles. The van der Waals surface area contributed by atoms with E-state index in [2.05, 4.69) is 6.92 Å². The van der Waals surface area contributed by atoms with Crippen LogP contribution in [-0.2, 0) is 19.4 Å². The first-order valence-corrected chi connectivity index (χ1v) is 12.2. The third-order valence-electron chi connectivity index (χ3n) is 4.89. The van der Waals surface area contributed by atoms with Crippen LogP contribution in [0, 0.1) is 5.41 Å². The summed E-state index contributed by atoms with van der Waals surface area (Å²) in [5.74, 6) is -0.803. The molecule has 0 atom stereocenters. The topological polar surface area (TPSA) is 104 Å².